The summed E-state index contributed by atoms with van der Waals surface area (Å²) in [5.41, 5.74) is 4.41. The summed E-state index contributed by atoms with van der Waals surface area (Å²) in [5, 5.41) is 11.5. The van der Waals surface area contributed by atoms with E-state index in [1.807, 2.05) is 20.9 Å². The van der Waals surface area contributed by atoms with Crippen LogP contribution in [0.1, 0.15) is 27.4 Å². The molecular weight excluding hydrogens is 357 g/mol. The zero-order valence-electron chi connectivity index (χ0n) is 15.0. The molecule has 0 aliphatic heterocycles. The number of aryl methyl sites for hydroxylation is 2. The van der Waals surface area contributed by atoms with Crippen LogP contribution < -0.4 is 0 Å². The SMILES string of the molecule is Cc1nn(C)c(C)c1-c1cc(C(=O)N(C)Cc2ccc(Cl)c(F)c2)[nH]n1. The maximum Gasteiger partial charge on any atom is 0.271 e. The molecule has 0 unspecified atom stereocenters. The number of carbonyl (C=O) groups is 1. The fourth-order valence-corrected chi connectivity index (χ4v) is 3.01. The molecule has 0 spiro atoms. The van der Waals surface area contributed by atoms with Gasteiger partial charge in [-0.05, 0) is 37.6 Å². The molecule has 0 aliphatic rings. The Morgan fingerprint density at radius 2 is 2.08 bits per heavy atom. The molecule has 0 aliphatic carbocycles. The standard InChI is InChI=1S/C18H19ClFN5O/c1-10-17(11(2)25(4)23-10)15-8-16(22-21-15)18(26)24(3)9-12-5-6-13(19)14(20)7-12/h5-8H,9H2,1-4H3,(H,21,22). The van der Waals surface area contributed by atoms with Crippen LogP contribution in [0, 0.1) is 19.7 Å². The van der Waals surface area contributed by atoms with Gasteiger partial charge >= 0.3 is 0 Å². The summed E-state index contributed by atoms with van der Waals surface area (Å²) in [6.07, 6.45) is 0. The number of carbonyl (C=O) groups excluding carboxylic acids is 1. The van der Waals surface area contributed by atoms with Crippen LogP contribution >= 0.6 is 11.6 Å². The van der Waals surface area contributed by atoms with E-state index in [2.05, 4.69) is 15.3 Å². The van der Waals surface area contributed by atoms with Gasteiger partial charge in [-0.1, -0.05) is 17.7 Å². The van der Waals surface area contributed by atoms with Crippen molar-refractivity contribution in [3.05, 3.63) is 57.8 Å². The quantitative estimate of drug-likeness (QED) is 0.759. The van der Waals surface area contributed by atoms with Crippen molar-refractivity contribution in [1.29, 1.82) is 0 Å². The lowest BCUT2D eigenvalue weighted by molar-refractivity contribution is 0.0779. The fourth-order valence-electron chi connectivity index (χ4n) is 2.89. The highest BCUT2D eigenvalue weighted by molar-refractivity contribution is 6.30. The molecule has 1 amide bonds. The van der Waals surface area contributed by atoms with Crippen LogP contribution in [-0.4, -0.2) is 37.8 Å². The van der Waals surface area contributed by atoms with E-state index in [4.69, 9.17) is 11.6 Å². The minimum atomic E-state index is -0.503. The van der Waals surface area contributed by atoms with Crippen molar-refractivity contribution < 1.29 is 9.18 Å². The highest BCUT2D eigenvalue weighted by Gasteiger charge is 2.19. The molecule has 0 saturated heterocycles. The van der Waals surface area contributed by atoms with Gasteiger partial charge in [0, 0.05) is 31.9 Å². The Bertz CT molecular complexity index is 978. The summed E-state index contributed by atoms with van der Waals surface area (Å²) in [7, 11) is 3.51. The first-order chi connectivity index (χ1) is 12.3. The number of amides is 1. The Morgan fingerprint density at radius 3 is 2.69 bits per heavy atom. The molecule has 3 aromatic rings. The second-order valence-corrected chi connectivity index (χ2v) is 6.65. The first-order valence-electron chi connectivity index (χ1n) is 8.03. The number of hydrogen-bond donors (Lipinski definition) is 1. The second kappa shape index (κ2) is 6.92. The largest absolute Gasteiger partial charge is 0.336 e. The summed E-state index contributed by atoms with van der Waals surface area (Å²) in [6, 6.07) is 6.20. The summed E-state index contributed by atoms with van der Waals surface area (Å²) in [4.78, 5) is 14.1. The molecule has 6 nitrogen and oxygen atoms in total. The molecule has 2 heterocycles. The minimum absolute atomic E-state index is 0.0585. The van der Waals surface area contributed by atoms with Crippen molar-refractivity contribution in [2.45, 2.75) is 20.4 Å². The van der Waals surface area contributed by atoms with Gasteiger partial charge in [-0.2, -0.15) is 10.2 Å². The number of aromatic amines is 1. The van der Waals surface area contributed by atoms with Crippen LogP contribution in [0.25, 0.3) is 11.3 Å². The van der Waals surface area contributed by atoms with Gasteiger partial charge in [0.25, 0.3) is 5.91 Å². The molecule has 8 heteroatoms. The summed E-state index contributed by atoms with van der Waals surface area (Å²) in [6.45, 7) is 4.11. The predicted octanol–water partition coefficient (Wildman–Crippen LogP) is 3.49. The molecule has 136 valence electrons. The lowest BCUT2D eigenvalue weighted by Gasteiger charge is -2.16. The first-order valence-corrected chi connectivity index (χ1v) is 8.41. The molecule has 0 bridgehead atoms. The van der Waals surface area contributed by atoms with Crippen LogP contribution in [-0.2, 0) is 13.6 Å². The van der Waals surface area contributed by atoms with Gasteiger partial charge in [0.15, 0.2) is 0 Å². The van der Waals surface area contributed by atoms with Gasteiger partial charge in [-0.15, -0.1) is 0 Å². The van der Waals surface area contributed by atoms with E-state index >= 15 is 0 Å². The van der Waals surface area contributed by atoms with E-state index < -0.39 is 5.82 Å². The average molecular weight is 376 g/mol. The van der Waals surface area contributed by atoms with Gasteiger partial charge in [-0.3, -0.25) is 14.6 Å². The number of aromatic nitrogens is 4. The molecule has 0 saturated carbocycles. The summed E-state index contributed by atoms with van der Waals surface area (Å²) < 4.78 is 15.3. The molecule has 1 aromatic carbocycles. The third-order valence-corrected chi connectivity index (χ3v) is 4.63. The van der Waals surface area contributed by atoms with Crippen molar-refractivity contribution >= 4 is 17.5 Å². The first kappa shape index (κ1) is 18.1. The molecule has 0 radical (unpaired) electrons. The molecule has 26 heavy (non-hydrogen) atoms. The highest BCUT2D eigenvalue weighted by Crippen LogP contribution is 2.25. The average Bonchev–Trinajstić information content (AvgIpc) is 3.15. The third kappa shape index (κ3) is 3.35. The second-order valence-electron chi connectivity index (χ2n) is 6.25. The summed E-state index contributed by atoms with van der Waals surface area (Å²) >= 11 is 5.69. The Hall–Kier alpha value is -2.67. The maximum absolute atomic E-state index is 13.6. The number of rotatable bonds is 4. The van der Waals surface area contributed by atoms with Crippen molar-refractivity contribution in [3.8, 4) is 11.3 Å². The number of hydrogen-bond acceptors (Lipinski definition) is 3. The van der Waals surface area contributed by atoms with E-state index in [1.165, 1.54) is 17.0 Å². The van der Waals surface area contributed by atoms with E-state index in [0.29, 0.717) is 17.0 Å². The third-order valence-electron chi connectivity index (χ3n) is 4.32. The van der Waals surface area contributed by atoms with Crippen molar-refractivity contribution in [1.82, 2.24) is 24.9 Å². The normalized spacial score (nSPS) is 11.0. The maximum atomic E-state index is 13.6. The van der Waals surface area contributed by atoms with Gasteiger partial charge in [-0.25, -0.2) is 4.39 Å². The van der Waals surface area contributed by atoms with E-state index in [0.717, 1.165) is 17.0 Å². The van der Waals surface area contributed by atoms with Crippen LogP contribution in [0.15, 0.2) is 24.3 Å². The zero-order chi connectivity index (χ0) is 19.0. The number of nitrogens with zero attached hydrogens (tertiary/aromatic N) is 4. The molecule has 2 aromatic heterocycles. The number of halogens is 2. The predicted molar refractivity (Wildman–Crippen MR) is 97.5 cm³/mol. The molecular formula is C18H19ClFN5O. The van der Waals surface area contributed by atoms with Gasteiger partial charge < -0.3 is 4.90 Å². The van der Waals surface area contributed by atoms with Crippen molar-refractivity contribution in [2.24, 2.45) is 7.05 Å². The Morgan fingerprint density at radius 1 is 1.35 bits per heavy atom. The number of H-pyrrole nitrogens is 1. The Kier molecular flexibility index (Phi) is 4.82. The number of benzene rings is 1. The van der Waals surface area contributed by atoms with Crippen LogP contribution in [0.2, 0.25) is 5.02 Å². The van der Waals surface area contributed by atoms with Crippen LogP contribution in [0.4, 0.5) is 4.39 Å². The minimum Gasteiger partial charge on any atom is -0.336 e. The molecule has 1 N–H and O–H groups in total. The zero-order valence-corrected chi connectivity index (χ0v) is 15.7. The molecule has 0 fully saturated rings. The van der Waals surface area contributed by atoms with Crippen LogP contribution in [0.5, 0.6) is 0 Å². The fraction of sp³-hybridized carbons (Fsp3) is 0.278. The van der Waals surface area contributed by atoms with Crippen LogP contribution in [0.3, 0.4) is 0 Å². The van der Waals surface area contributed by atoms with Gasteiger partial charge in [0.2, 0.25) is 0 Å². The Balaban J connectivity index is 1.80. The lowest BCUT2D eigenvalue weighted by atomic mass is 10.1. The van der Waals surface area contributed by atoms with Gasteiger partial charge in [0.05, 0.1) is 16.4 Å². The monoisotopic (exact) mass is 375 g/mol. The lowest BCUT2D eigenvalue weighted by Crippen LogP contribution is -2.26. The molecule has 0 atom stereocenters. The van der Waals surface area contributed by atoms with Crippen molar-refractivity contribution in [3.63, 3.8) is 0 Å². The van der Waals surface area contributed by atoms with E-state index in [-0.39, 0.29) is 17.5 Å². The van der Waals surface area contributed by atoms with E-state index in [1.54, 1.807) is 23.9 Å². The topological polar surface area (TPSA) is 66.8 Å². The van der Waals surface area contributed by atoms with E-state index in [9.17, 15) is 9.18 Å². The summed E-state index contributed by atoms with van der Waals surface area (Å²) in [5.74, 6) is -0.741. The highest BCUT2D eigenvalue weighted by atomic mass is 35.5. The van der Waals surface area contributed by atoms with Crippen molar-refractivity contribution in [2.75, 3.05) is 7.05 Å². The Labute approximate surface area is 155 Å². The molecule has 3 rings (SSSR count). The van der Waals surface area contributed by atoms with Gasteiger partial charge in [0.1, 0.15) is 11.5 Å². The number of nitrogens with one attached hydrogen (secondary N) is 1. The smallest absolute Gasteiger partial charge is 0.271 e.